The van der Waals surface area contributed by atoms with E-state index in [0.29, 0.717) is 0 Å². The molecule has 152 valence electrons. The highest BCUT2D eigenvalue weighted by molar-refractivity contribution is 5.63. The van der Waals surface area contributed by atoms with E-state index in [4.69, 9.17) is 0 Å². The van der Waals surface area contributed by atoms with Crippen molar-refractivity contribution in [3.05, 3.63) is 131 Å². The molecule has 0 N–H and O–H groups in total. The largest absolute Gasteiger partial charge is 0.0622 e. The van der Waals surface area contributed by atoms with Gasteiger partial charge in [0.25, 0.3) is 0 Å². The summed E-state index contributed by atoms with van der Waals surface area (Å²) >= 11 is 0. The molecule has 0 saturated carbocycles. The van der Waals surface area contributed by atoms with Crippen molar-refractivity contribution in [3.8, 4) is 11.1 Å². The van der Waals surface area contributed by atoms with Crippen LogP contribution in [0.15, 0.2) is 103 Å². The van der Waals surface area contributed by atoms with Gasteiger partial charge in [0.15, 0.2) is 0 Å². The summed E-state index contributed by atoms with van der Waals surface area (Å²) in [7, 11) is 0. The van der Waals surface area contributed by atoms with Gasteiger partial charge in [-0.25, -0.2) is 0 Å². The Morgan fingerprint density at radius 3 is 1.13 bits per heavy atom. The van der Waals surface area contributed by atoms with Gasteiger partial charge in [-0.05, 0) is 43.0 Å². The molecule has 0 aliphatic heterocycles. The Hall–Kier alpha value is -3.12. The number of hydrogen-bond donors (Lipinski definition) is 0. The molecule has 0 spiro atoms. The molecule has 0 heteroatoms. The van der Waals surface area contributed by atoms with Gasteiger partial charge in [0, 0.05) is 5.41 Å². The lowest BCUT2D eigenvalue weighted by atomic mass is 9.78. The Morgan fingerprint density at radius 2 is 0.733 bits per heavy atom. The second kappa shape index (κ2) is 9.59. The quantitative estimate of drug-likeness (QED) is 0.329. The van der Waals surface area contributed by atoms with Gasteiger partial charge in [-0.1, -0.05) is 134 Å². The van der Waals surface area contributed by atoms with Crippen molar-refractivity contribution in [1.29, 1.82) is 0 Å². The summed E-state index contributed by atoms with van der Waals surface area (Å²) < 4.78 is 0. The van der Waals surface area contributed by atoms with Crippen molar-refractivity contribution in [2.24, 2.45) is 0 Å². The highest BCUT2D eigenvalue weighted by atomic mass is 14.3. The van der Waals surface area contributed by atoms with E-state index in [2.05, 4.69) is 132 Å². The third kappa shape index (κ3) is 5.48. The van der Waals surface area contributed by atoms with Gasteiger partial charge >= 0.3 is 0 Å². The van der Waals surface area contributed by atoms with Gasteiger partial charge in [-0.3, -0.25) is 0 Å². The first kappa shape index (κ1) is 21.6. The zero-order chi connectivity index (χ0) is 21.6. The molecule has 0 saturated heterocycles. The van der Waals surface area contributed by atoms with Gasteiger partial charge < -0.3 is 0 Å². The van der Waals surface area contributed by atoms with E-state index in [1.165, 1.54) is 38.9 Å². The maximum Gasteiger partial charge on any atom is 0.0146 e. The molecule has 0 unspecified atom stereocenters. The molecule has 4 aromatic rings. The summed E-state index contributed by atoms with van der Waals surface area (Å²) in [5.41, 5.74) is 9.30. The van der Waals surface area contributed by atoms with Crippen LogP contribution in [0.3, 0.4) is 0 Å². The molecule has 0 atom stereocenters. The Balaban J connectivity index is 0.000000177. The second-order valence-corrected chi connectivity index (χ2v) is 8.59. The van der Waals surface area contributed by atoms with Crippen molar-refractivity contribution < 1.29 is 0 Å². The average Bonchev–Trinajstić information content (AvgIpc) is 2.76. The lowest BCUT2D eigenvalue weighted by Gasteiger charge is -2.26. The van der Waals surface area contributed by atoms with E-state index in [9.17, 15) is 0 Å². The molecule has 0 nitrogen and oxygen atoms in total. The minimum atomic E-state index is 0.0708. The van der Waals surface area contributed by atoms with E-state index < -0.39 is 0 Å². The third-order valence-corrected chi connectivity index (χ3v) is 5.71. The van der Waals surface area contributed by atoms with E-state index in [1.54, 1.807) is 0 Å². The first-order valence-electron chi connectivity index (χ1n) is 10.6. The molecule has 0 fully saturated rings. The fourth-order valence-corrected chi connectivity index (χ4v) is 3.48. The zero-order valence-electron chi connectivity index (χ0n) is 18.8. The molecule has 0 radical (unpaired) electrons. The monoisotopic (exact) mass is 392 g/mol. The van der Waals surface area contributed by atoms with Crippen LogP contribution in [0.2, 0.25) is 0 Å². The lowest BCUT2D eigenvalue weighted by Crippen LogP contribution is -2.18. The van der Waals surface area contributed by atoms with Crippen LogP contribution in [0.4, 0.5) is 0 Å². The maximum absolute atomic E-state index is 2.28. The minimum absolute atomic E-state index is 0.0708. The molecule has 4 rings (SSSR count). The SMILES string of the molecule is Cc1ccc(-c2ccccc2)cc1.Cc1ccc(C(C)(C)c2ccc(C)cc2)cc1. The van der Waals surface area contributed by atoms with Gasteiger partial charge in [0.2, 0.25) is 0 Å². The van der Waals surface area contributed by atoms with E-state index in [-0.39, 0.29) is 5.41 Å². The summed E-state index contributed by atoms with van der Waals surface area (Å²) in [4.78, 5) is 0. The Kier molecular flexibility index (Phi) is 6.90. The molecule has 0 amide bonds. The summed E-state index contributed by atoms with van der Waals surface area (Å²) in [6.45, 7) is 10.9. The number of hydrogen-bond acceptors (Lipinski definition) is 0. The molecule has 0 aliphatic rings. The highest BCUT2D eigenvalue weighted by Gasteiger charge is 2.22. The van der Waals surface area contributed by atoms with Gasteiger partial charge in [0.05, 0.1) is 0 Å². The second-order valence-electron chi connectivity index (χ2n) is 8.59. The van der Waals surface area contributed by atoms with Crippen LogP contribution in [-0.2, 0) is 5.41 Å². The van der Waals surface area contributed by atoms with Crippen LogP contribution < -0.4 is 0 Å². The predicted molar refractivity (Wildman–Crippen MR) is 131 cm³/mol. The summed E-state index contributed by atoms with van der Waals surface area (Å²) in [6, 6.07) is 36.7. The van der Waals surface area contributed by atoms with E-state index in [1.807, 2.05) is 6.07 Å². The van der Waals surface area contributed by atoms with Crippen molar-refractivity contribution in [1.82, 2.24) is 0 Å². The van der Waals surface area contributed by atoms with Gasteiger partial charge in [-0.2, -0.15) is 0 Å². The minimum Gasteiger partial charge on any atom is -0.0622 e. The highest BCUT2D eigenvalue weighted by Crippen LogP contribution is 2.31. The molecule has 4 aromatic carbocycles. The van der Waals surface area contributed by atoms with Crippen LogP contribution in [0.5, 0.6) is 0 Å². The Bertz CT molecular complexity index is 988. The number of benzene rings is 4. The van der Waals surface area contributed by atoms with E-state index in [0.717, 1.165) is 0 Å². The van der Waals surface area contributed by atoms with Gasteiger partial charge in [0.1, 0.15) is 0 Å². The summed E-state index contributed by atoms with van der Waals surface area (Å²) in [6.07, 6.45) is 0. The summed E-state index contributed by atoms with van der Waals surface area (Å²) in [5.74, 6) is 0. The zero-order valence-corrected chi connectivity index (χ0v) is 18.8. The Labute approximate surface area is 182 Å². The van der Waals surface area contributed by atoms with Crippen molar-refractivity contribution in [2.45, 2.75) is 40.0 Å². The number of rotatable bonds is 3. The first-order chi connectivity index (χ1) is 14.4. The molecular formula is C30H32. The van der Waals surface area contributed by atoms with Crippen LogP contribution in [-0.4, -0.2) is 0 Å². The van der Waals surface area contributed by atoms with Crippen molar-refractivity contribution >= 4 is 0 Å². The van der Waals surface area contributed by atoms with E-state index >= 15 is 0 Å². The topological polar surface area (TPSA) is 0 Å². The first-order valence-corrected chi connectivity index (χ1v) is 10.6. The third-order valence-electron chi connectivity index (χ3n) is 5.71. The molecule has 0 aliphatic carbocycles. The number of aryl methyl sites for hydroxylation is 3. The van der Waals surface area contributed by atoms with Gasteiger partial charge in [-0.15, -0.1) is 0 Å². The lowest BCUT2D eigenvalue weighted by molar-refractivity contribution is 0.640. The average molecular weight is 393 g/mol. The molecule has 0 bridgehead atoms. The predicted octanol–water partition coefficient (Wildman–Crippen LogP) is 8.29. The van der Waals surface area contributed by atoms with Crippen LogP contribution >= 0.6 is 0 Å². The maximum atomic E-state index is 2.28. The molecular weight excluding hydrogens is 360 g/mol. The molecule has 0 heterocycles. The fourth-order valence-electron chi connectivity index (χ4n) is 3.48. The van der Waals surface area contributed by atoms with Crippen LogP contribution in [0.25, 0.3) is 11.1 Å². The van der Waals surface area contributed by atoms with Crippen LogP contribution in [0.1, 0.15) is 41.7 Å². The standard InChI is InChI=1S/C17H20.C13H12/c1-13-5-9-15(10-6-13)17(3,4)16-11-7-14(2)8-12-16;1-11-7-9-13(10-8-11)12-5-3-2-4-6-12/h5-12H,1-4H3;2-10H,1H3. The van der Waals surface area contributed by atoms with Crippen molar-refractivity contribution in [2.75, 3.05) is 0 Å². The smallest absolute Gasteiger partial charge is 0.0146 e. The van der Waals surface area contributed by atoms with Crippen molar-refractivity contribution in [3.63, 3.8) is 0 Å². The normalized spacial score (nSPS) is 10.8. The molecule has 0 aromatic heterocycles. The Morgan fingerprint density at radius 1 is 0.400 bits per heavy atom. The fraction of sp³-hybridized carbons (Fsp3) is 0.200. The van der Waals surface area contributed by atoms with Crippen LogP contribution in [0, 0.1) is 20.8 Å². The molecule has 30 heavy (non-hydrogen) atoms. The summed E-state index contributed by atoms with van der Waals surface area (Å²) in [5, 5.41) is 0.